The molecule has 0 unspecified atom stereocenters. The molecule has 4 nitrogen and oxygen atoms in total. The second-order valence-electron chi connectivity index (χ2n) is 6.68. The van der Waals surface area contributed by atoms with E-state index < -0.39 is 0 Å². The molecule has 2 N–H and O–H groups in total. The molecule has 0 atom stereocenters. The molecule has 2 rings (SSSR count). The second-order valence-corrected chi connectivity index (χ2v) is 7.12. The number of aromatic nitrogens is 1. The molecule has 1 aromatic heterocycles. The monoisotopic (exact) mass is 362 g/mol. The van der Waals surface area contributed by atoms with Gasteiger partial charge in [-0.3, -0.25) is 9.98 Å². The van der Waals surface area contributed by atoms with E-state index in [4.69, 9.17) is 11.6 Å². The molecule has 1 aromatic carbocycles. The van der Waals surface area contributed by atoms with Gasteiger partial charge >= 0.3 is 0 Å². The fourth-order valence-electron chi connectivity index (χ4n) is 2.52. The average molecular weight is 363 g/mol. The number of rotatable bonds is 6. The van der Waals surface area contributed by atoms with Crippen molar-refractivity contribution in [2.45, 2.75) is 26.8 Å². The number of benzene rings is 1. The Morgan fingerprint density at radius 3 is 2.72 bits per heavy atom. The van der Waals surface area contributed by atoms with E-state index in [1.807, 2.05) is 18.2 Å². The lowest BCUT2D eigenvalue weighted by atomic mass is 9.86. The van der Waals surface area contributed by atoms with Gasteiger partial charge in [0.15, 0.2) is 5.96 Å². The van der Waals surface area contributed by atoms with E-state index in [1.54, 1.807) is 19.3 Å². The molecule has 0 aliphatic rings. The van der Waals surface area contributed by atoms with Gasteiger partial charge in [-0.25, -0.2) is 4.39 Å². The molecule has 6 heteroatoms. The minimum Gasteiger partial charge on any atom is -0.356 e. The molecule has 2 aromatic rings. The van der Waals surface area contributed by atoms with Crippen LogP contribution in [0.15, 0.2) is 47.6 Å². The predicted octanol–water partition coefficient (Wildman–Crippen LogP) is 3.81. The third-order valence-corrected chi connectivity index (χ3v) is 4.02. The Hall–Kier alpha value is -2.14. The molecule has 0 radical (unpaired) electrons. The normalized spacial score (nSPS) is 12.1. The number of hydrogen-bond acceptors (Lipinski definition) is 2. The first-order valence-electron chi connectivity index (χ1n) is 8.18. The van der Waals surface area contributed by atoms with Crippen LogP contribution >= 0.6 is 11.6 Å². The van der Waals surface area contributed by atoms with Gasteiger partial charge in [-0.05, 0) is 41.7 Å². The summed E-state index contributed by atoms with van der Waals surface area (Å²) in [5.74, 6) is 0.288. The minimum atomic E-state index is -0.327. The molecule has 134 valence electrons. The topological polar surface area (TPSA) is 49.3 Å². The van der Waals surface area contributed by atoms with Crippen LogP contribution in [0.1, 0.15) is 25.1 Å². The molecule has 25 heavy (non-hydrogen) atoms. The zero-order valence-electron chi connectivity index (χ0n) is 14.8. The molecule has 0 saturated heterocycles. The van der Waals surface area contributed by atoms with E-state index in [0.29, 0.717) is 18.2 Å². The van der Waals surface area contributed by atoms with Crippen molar-refractivity contribution in [3.63, 3.8) is 0 Å². The van der Waals surface area contributed by atoms with Crippen molar-refractivity contribution in [1.82, 2.24) is 15.6 Å². The number of guanidine groups is 1. The first-order valence-corrected chi connectivity index (χ1v) is 8.56. The van der Waals surface area contributed by atoms with Gasteiger partial charge in [-0.2, -0.15) is 0 Å². The highest BCUT2D eigenvalue weighted by molar-refractivity contribution is 6.30. The summed E-state index contributed by atoms with van der Waals surface area (Å²) >= 11 is 6.05. The lowest BCUT2D eigenvalue weighted by Gasteiger charge is -2.26. The first-order chi connectivity index (χ1) is 11.9. The van der Waals surface area contributed by atoms with Crippen LogP contribution in [0.25, 0.3) is 0 Å². The maximum atomic E-state index is 13.6. The van der Waals surface area contributed by atoms with Crippen molar-refractivity contribution < 1.29 is 4.39 Å². The van der Waals surface area contributed by atoms with Crippen molar-refractivity contribution in [3.05, 3.63) is 64.7 Å². The zero-order chi connectivity index (χ0) is 18.3. The number of halogens is 2. The predicted molar refractivity (Wildman–Crippen MR) is 101 cm³/mol. The van der Waals surface area contributed by atoms with Gasteiger partial charge in [-0.1, -0.05) is 37.6 Å². The SMILES string of the molecule is CN=C(NCc1ncccc1F)NCC(C)(C)Cc1cccc(Cl)c1. The van der Waals surface area contributed by atoms with Crippen LogP contribution in [0, 0.1) is 11.2 Å². The summed E-state index contributed by atoms with van der Waals surface area (Å²) in [6.07, 6.45) is 2.46. The molecule has 1 heterocycles. The summed E-state index contributed by atoms with van der Waals surface area (Å²) in [5.41, 5.74) is 1.56. The average Bonchev–Trinajstić information content (AvgIpc) is 2.56. The summed E-state index contributed by atoms with van der Waals surface area (Å²) < 4.78 is 13.6. The van der Waals surface area contributed by atoms with Crippen molar-refractivity contribution in [2.75, 3.05) is 13.6 Å². The highest BCUT2D eigenvalue weighted by Gasteiger charge is 2.19. The van der Waals surface area contributed by atoms with Gasteiger partial charge in [0.25, 0.3) is 0 Å². The Morgan fingerprint density at radius 1 is 1.24 bits per heavy atom. The molecular weight excluding hydrogens is 339 g/mol. The standard InChI is InChI=1S/C19H24ClFN4/c1-19(2,11-14-6-4-7-15(20)10-14)13-25-18(22-3)24-12-17-16(21)8-5-9-23-17/h4-10H,11-13H2,1-3H3,(H2,22,24,25). The van der Waals surface area contributed by atoms with Crippen LogP contribution in [0.2, 0.25) is 5.02 Å². The third-order valence-electron chi connectivity index (χ3n) is 3.79. The Balaban J connectivity index is 1.87. The van der Waals surface area contributed by atoms with E-state index in [9.17, 15) is 4.39 Å². The molecule has 0 fully saturated rings. The van der Waals surface area contributed by atoms with Gasteiger partial charge < -0.3 is 10.6 Å². The number of aliphatic imine (C=N–C) groups is 1. The van der Waals surface area contributed by atoms with E-state index >= 15 is 0 Å². The van der Waals surface area contributed by atoms with E-state index in [2.05, 4.69) is 40.5 Å². The third kappa shape index (κ3) is 6.35. The van der Waals surface area contributed by atoms with Crippen LogP contribution < -0.4 is 10.6 Å². The van der Waals surface area contributed by atoms with E-state index in [-0.39, 0.29) is 17.8 Å². The molecular formula is C19H24ClFN4. The van der Waals surface area contributed by atoms with Crippen molar-refractivity contribution in [1.29, 1.82) is 0 Å². The van der Waals surface area contributed by atoms with Gasteiger partial charge in [0.1, 0.15) is 5.82 Å². The molecule has 0 amide bonds. The summed E-state index contributed by atoms with van der Waals surface area (Å²) in [4.78, 5) is 8.20. The Morgan fingerprint density at radius 2 is 2.04 bits per heavy atom. The minimum absolute atomic E-state index is 0.00144. The molecule has 0 aliphatic carbocycles. The number of nitrogens with one attached hydrogen (secondary N) is 2. The Labute approximate surface area is 153 Å². The molecule has 0 bridgehead atoms. The first kappa shape index (κ1) is 19.2. The van der Waals surface area contributed by atoms with E-state index in [1.165, 1.54) is 11.6 Å². The highest BCUT2D eigenvalue weighted by Crippen LogP contribution is 2.22. The van der Waals surface area contributed by atoms with Gasteiger partial charge in [0.2, 0.25) is 0 Å². The van der Waals surface area contributed by atoms with Gasteiger partial charge in [0.05, 0.1) is 12.2 Å². The van der Waals surface area contributed by atoms with Crippen LogP contribution in [-0.2, 0) is 13.0 Å². The molecule has 0 saturated carbocycles. The maximum absolute atomic E-state index is 13.6. The van der Waals surface area contributed by atoms with Gasteiger partial charge in [-0.15, -0.1) is 0 Å². The quantitative estimate of drug-likeness (QED) is 0.607. The molecule has 0 spiro atoms. The largest absolute Gasteiger partial charge is 0.356 e. The lowest BCUT2D eigenvalue weighted by molar-refractivity contribution is 0.359. The van der Waals surface area contributed by atoms with Crippen molar-refractivity contribution >= 4 is 17.6 Å². The fraction of sp³-hybridized carbons (Fsp3) is 0.368. The van der Waals surface area contributed by atoms with E-state index in [0.717, 1.165) is 11.4 Å². The fourth-order valence-corrected chi connectivity index (χ4v) is 2.73. The zero-order valence-corrected chi connectivity index (χ0v) is 15.6. The van der Waals surface area contributed by atoms with Crippen molar-refractivity contribution in [2.24, 2.45) is 10.4 Å². The van der Waals surface area contributed by atoms with Crippen LogP contribution in [-0.4, -0.2) is 24.5 Å². The van der Waals surface area contributed by atoms with Crippen LogP contribution in [0.3, 0.4) is 0 Å². The van der Waals surface area contributed by atoms with Crippen LogP contribution in [0.4, 0.5) is 4.39 Å². The number of nitrogens with zero attached hydrogens (tertiary/aromatic N) is 2. The summed E-state index contributed by atoms with van der Waals surface area (Å²) in [7, 11) is 1.69. The number of hydrogen-bond donors (Lipinski definition) is 2. The van der Waals surface area contributed by atoms with Crippen molar-refractivity contribution in [3.8, 4) is 0 Å². The van der Waals surface area contributed by atoms with Crippen LogP contribution in [0.5, 0.6) is 0 Å². The molecule has 0 aliphatic heterocycles. The van der Waals surface area contributed by atoms with Gasteiger partial charge in [0, 0.05) is 24.8 Å². The Kier molecular flexibility index (Phi) is 6.76. The maximum Gasteiger partial charge on any atom is 0.191 e. The summed E-state index contributed by atoms with van der Waals surface area (Å²) in [5, 5.41) is 7.12. The Bertz CT molecular complexity index is 731. The smallest absolute Gasteiger partial charge is 0.191 e. The summed E-state index contributed by atoms with van der Waals surface area (Å²) in [6.45, 7) is 5.34. The number of pyridine rings is 1. The lowest BCUT2D eigenvalue weighted by Crippen LogP contribution is -2.42. The second kappa shape index (κ2) is 8.81. The summed E-state index contributed by atoms with van der Waals surface area (Å²) in [6, 6.07) is 10.9. The highest BCUT2D eigenvalue weighted by atomic mass is 35.5.